The van der Waals surface area contributed by atoms with Gasteiger partial charge in [-0.25, -0.2) is 0 Å². The molecule has 0 amide bonds. The van der Waals surface area contributed by atoms with Gasteiger partial charge in [-0.3, -0.25) is 9.36 Å². The minimum atomic E-state index is -0.231. The molecule has 4 nitrogen and oxygen atoms in total. The van der Waals surface area contributed by atoms with Crippen LogP contribution in [0.4, 0.5) is 5.82 Å². The summed E-state index contributed by atoms with van der Waals surface area (Å²) in [5, 5.41) is 9.02. The first-order chi connectivity index (χ1) is 8.15. The number of hydrogen-bond acceptors (Lipinski definition) is 3. The Morgan fingerprint density at radius 2 is 1.94 bits per heavy atom. The van der Waals surface area contributed by atoms with Crippen LogP contribution in [0.3, 0.4) is 0 Å². The van der Waals surface area contributed by atoms with Gasteiger partial charge in [-0.05, 0) is 24.6 Å². The topological polar surface area (TPSA) is 71.8 Å². The van der Waals surface area contributed by atoms with E-state index in [2.05, 4.69) is 0 Å². The van der Waals surface area contributed by atoms with Crippen molar-refractivity contribution in [2.75, 3.05) is 5.73 Å². The van der Waals surface area contributed by atoms with Crippen LogP contribution in [0.15, 0.2) is 41.2 Å². The standard InChI is InChI=1S/C13H11N3O/c1-9-7-12(17)16(13(15)11(9)8-14)10-5-3-2-4-6-10/h2-7H,15H2,1H3. The van der Waals surface area contributed by atoms with Gasteiger partial charge in [0.25, 0.3) is 5.56 Å². The third-order valence-electron chi connectivity index (χ3n) is 2.58. The molecule has 17 heavy (non-hydrogen) atoms. The van der Waals surface area contributed by atoms with Gasteiger partial charge in [0.1, 0.15) is 11.9 Å². The predicted octanol–water partition coefficient (Wildman–Crippen LogP) is 1.60. The van der Waals surface area contributed by atoms with Crippen LogP contribution >= 0.6 is 0 Å². The van der Waals surface area contributed by atoms with Gasteiger partial charge in [0, 0.05) is 6.07 Å². The molecule has 0 saturated carbocycles. The lowest BCUT2D eigenvalue weighted by atomic mass is 10.1. The van der Waals surface area contributed by atoms with E-state index in [1.807, 2.05) is 24.3 Å². The first-order valence-corrected chi connectivity index (χ1v) is 5.13. The van der Waals surface area contributed by atoms with E-state index in [-0.39, 0.29) is 11.4 Å². The van der Waals surface area contributed by atoms with Crippen molar-refractivity contribution in [3.05, 3.63) is 57.9 Å². The van der Waals surface area contributed by atoms with Crippen molar-refractivity contribution in [1.82, 2.24) is 4.57 Å². The second kappa shape index (κ2) is 4.14. The highest BCUT2D eigenvalue weighted by Gasteiger charge is 2.11. The molecule has 0 atom stereocenters. The Morgan fingerprint density at radius 1 is 1.29 bits per heavy atom. The molecular weight excluding hydrogens is 214 g/mol. The van der Waals surface area contributed by atoms with Crippen LogP contribution in [0.1, 0.15) is 11.1 Å². The molecule has 0 unspecified atom stereocenters. The van der Waals surface area contributed by atoms with E-state index < -0.39 is 0 Å². The summed E-state index contributed by atoms with van der Waals surface area (Å²) in [6, 6.07) is 12.5. The van der Waals surface area contributed by atoms with Crippen LogP contribution in [0.25, 0.3) is 5.69 Å². The second-order valence-electron chi connectivity index (χ2n) is 3.71. The highest BCUT2D eigenvalue weighted by atomic mass is 16.1. The molecule has 0 radical (unpaired) electrons. The highest BCUT2D eigenvalue weighted by Crippen LogP contribution is 2.16. The summed E-state index contributed by atoms with van der Waals surface area (Å²) in [6.45, 7) is 1.70. The molecule has 2 N–H and O–H groups in total. The maximum atomic E-state index is 11.9. The van der Waals surface area contributed by atoms with Gasteiger partial charge in [-0.1, -0.05) is 18.2 Å². The summed E-state index contributed by atoms with van der Waals surface area (Å²) in [5.74, 6) is 0.184. The Hall–Kier alpha value is -2.54. The molecular formula is C13H11N3O. The van der Waals surface area contributed by atoms with Crippen LogP contribution in [0.5, 0.6) is 0 Å². The number of nitrogens with zero attached hydrogens (tertiary/aromatic N) is 2. The first kappa shape index (κ1) is 11.0. The quantitative estimate of drug-likeness (QED) is 0.801. The van der Waals surface area contributed by atoms with Crippen molar-refractivity contribution in [3.8, 4) is 11.8 Å². The number of benzene rings is 1. The van der Waals surface area contributed by atoms with E-state index >= 15 is 0 Å². The van der Waals surface area contributed by atoms with Crippen molar-refractivity contribution < 1.29 is 0 Å². The van der Waals surface area contributed by atoms with E-state index in [0.29, 0.717) is 16.8 Å². The van der Waals surface area contributed by atoms with E-state index in [1.165, 1.54) is 10.6 Å². The molecule has 1 aromatic carbocycles. The van der Waals surface area contributed by atoms with Gasteiger partial charge < -0.3 is 5.73 Å². The maximum absolute atomic E-state index is 11.9. The minimum absolute atomic E-state index is 0.184. The van der Waals surface area contributed by atoms with Crippen molar-refractivity contribution in [2.45, 2.75) is 6.92 Å². The number of para-hydroxylation sites is 1. The van der Waals surface area contributed by atoms with Crippen molar-refractivity contribution in [2.24, 2.45) is 0 Å². The zero-order chi connectivity index (χ0) is 12.4. The molecule has 0 fully saturated rings. The summed E-state index contributed by atoms with van der Waals surface area (Å²) < 4.78 is 1.34. The van der Waals surface area contributed by atoms with Crippen LogP contribution in [-0.4, -0.2) is 4.57 Å². The predicted molar refractivity (Wildman–Crippen MR) is 65.9 cm³/mol. The van der Waals surface area contributed by atoms with Gasteiger partial charge in [0.2, 0.25) is 0 Å². The van der Waals surface area contributed by atoms with Gasteiger partial charge >= 0.3 is 0 Å². The lowest BCUT2D eigenvalue weighted by Crippen LogP contribution is -2.22. The summed E-state index contributed by atoms with van der Waals surface area (Å²) in [6.07, 6.45) is 0. The van der Waals surface area contributed by atoms with E-state index in [4.69, 9.17) is 11.0 Å². The number of anilines is 1. The average molecular weight is 225 g/mol. The number of aromatic nitrogens is 1. The number of hydrogen-bond donors (Lipinski definition) is 1. The van der Waals surface area contributed by atoms with Crippen LogP contribution < -0.4 is 11.3 Å². The molecule has 0 aliphatic carbocycles. The zero-order valence-corrected chi connectivity index (χ0v) is 9.34. The Bertz CT molecular complexity index is 651. The van der Waals surface area contributed by atoms with Crippen molar-refractivity contribution in [3.63, 3.8) is 0 Å². The van der Waals surface area contributed by atoms with Crippen LogP contribution in [0.2, 0.25) is 0 Å². The Kier molecular flexibility index (Phi) is 2.67. The summed E-state index contributed by atoms with van der Waals surface area (Å²) in [4.78, 5) is 11.9. The number of rotatable bonds is 1. The molecule has 0 aliphatic rings. The Morgan fingerprint density at radius 3 is 2.53 bits per heavy atom. The van der Waals surface area contributed by atoms with Crippen molar-refractivity contribution in [1.29, 1.82) is 5.26 Å². The third-order valence-corrected chi connectivity index (χ3v) is 2.58. The lowest BCUT2D eigenvalue weighted by molar-refractivity contribution is 0.991. The fraction of sp³-hybridized carbons (Fsp3) is 0.0769. The smallest absolute Gasteiger partial charge is 0.257 e. The van der Waals surface area contributed by atoms with Crippen LogP contribution in [-0.2, 0) is 0 Å². The molecule has 4 heteroatoms. The normalized spacial score (nSPS) is 9.88. The number of nitrogen functional groups attached to an aromatic ring is 1. The molecule has 1 heterocycles. The van der Waals surface area contributed by atoms with Crippen molar-refractivity contribution >= 4 is 5.82 Å². The average Bonchev–Trinajstić information content (AvgIpc) is 2.30. The largest absolute Gasteiger partial charge is 0.384 e. The van der Waals surface area contributed by atoms with Gasteiger partial charge in [-0.15, -0.1) is 0 Å². The number of pyridine rings is 1. The Labute approximate surface area is 98.5 Å². The van der Waals surface area contributed by atoms with E-state index in [1.54, 1.807) is 19.1 Å². The molecule has 0 spiro atoms. The number of nitriles is 1. The van der Waals surface area contributed by atoms with E-state index in [9.17, 15) is 4.79 Å². The second-order valence-corrected chi connectivity index (χ2v) is 3.71. The van der Waals surface area contributed by atoms with E-state index in [0.717, 1.165) is 0 Å². The molecule has 0 aliphatic heterocycles. The van der Waals surface area contributed by atoms with Crippen LogP contribution in [0, 0.1) is 18.3 Å². The summed E-state index contributed by atoms with van der Waals surface area (Å²) in [7, 11) is 0. The molecule has 0 bridgehead atoms. The maximum Gasteiger partial charge on any atom is 0.257 e. The molecule has 84 valence electrons. The molecule has 1 aromatic heterocycles. The third kappa shape index (κ3) is 1.79. The SMILES string of the molecule is Cc1cc(=O)n(-c2ccccc2)c(N)c1C#N. The number of aryl methyl sites for hydroxylation is 1. The fourth-order valence-corrected chi connectivity index (χ4v) is 1.74. The highest BCUT2D eigenvalue weighted by molar-refractivity contribution is 5.57. The summed E-state index contributed by atoms with van der Waals surface area (Å²) >= 11 is 0. The number of nitrogens with two attached hydrogens (primary N) is 1. The molecule has 0 saturated heterocycles. The lowest BCUT2D eigenvalue weighted by Gasteiger charge is -2.11. The monoisotopic (exact) mass is 225 g/mol. The zero-order valence-electron chi connectivity index (χ0n) is 9.34. The summed E-state index contributed by atoms with van der Waals surface area (Å²) in [5.41, 5.74) is 7.24. The van der Waals surface area contributed by atoms with Gasteiger partial charge in [-0.2, -0.15) is 5.26 Å². The van der Waals surface area contributed by atoms with Gasteiger partial charge in [0.05, 0.1) is 11.3 Å². The molecule has 2 rings (SSSR count). The first-order valence-electron chi connectivity index (χ1n) is 5.13. The minimum Gasteiger partial charge on any atom is -0.384 e. The van der Waals surface area contributed by atoms with Gasteiger partial charge in [0.15, 0.2) is 0 Å². The Balaban J connectivity index is 2.81. The molecule has 2 aromatic rings. The fourth-order valence-electron chi connectivity index (χ4n) is 1.74.